The molecule has 2 N–H and O–H groups in total. The van der Waals surface area contributed by atoms with E-state index in [0.29, 0.717) is 26.2 Å². The van der Waals surface area contributed by atoms with Crippen LogP contribution in [-0.4, -0.2) is 42.6 Å². The summed E-state index contributed by atoms with van der Waals surface area (Å²) in [7, 11) is 0. The second kappa shape index (κ2) is 5.80. The van der Waals surface area contributed by atoms with Crippen LogP contribution in [0.15, 0.2) is 0 Å². The van der Waals surface area contributed by atoms with Gasteiger partial charge in [0.2, 0.25) is 5.91 Å². The smallest absolute Gasteiger partial charge is 0.230 e. The monoisotopic (exact) mass is 268 g/mol. The van der Waals surface area contributed by atoms with E-state index in [2.05, 4.69) is 13.8 Å². The van der Waals surface area contributed by atoms with Gasteiger partial charge in [0.05, 0.1) is 17.6 Å². The molecule has 1 saturated heterocycles. The molecule has 19 heavy (non-hydrogen) atoms. The summed E-state index contributed by atoms with van der Waals surface area (Å²) in [6, 6.07) is 0. The van der Waals surface area contributed by atoms with Crippen molar-refractivity contribution in [1.82, 2.24) is 4.90 Å². The summed E-state index contributed by atoms with van der Waals surface area (Å²) in [6.07, 6.45) is 6.67. The van der Waals surface area contributed by atoms with E-state index in [-0.39, 0.29) is 16.9 Å². The summed E-state index contributed by atoms with van der Waals surface area (Å²) >= 11 is 0. The maximum Gasteiger partial charge on any atom is 0.230 e. The minimum absolute atomic E-state index is 0.228. The lowest BCUT2D eigenvalue weighted by Gasteiger charge is -2.43. The normalized spacial score (nSPS) is 26.8. The molecule has 1 heterocycles. The minimum Gasteiger partial charge on any atom is -0.372 e. The van der Waals surface area contributed by atoms with Gasteiger partial charge in [-0.3, -0.25) is 4.79 Å². The van der Waals surface area contributed by atoms with E-state index in [4.69, 9.17) is 10.5 Å². The molecule has 1 aliphatic carbocycles. The Labute approximate surface area is 116 Å². The van der Waals surface area contributed by atoms with Gasteiger partial charge in [0.25, 0.3) is 0 Å². The standard InChI is InChI=1S/C15H28N2O2/c1-14(2)12-17(9-10-19-14)13(18)15(11-16)7-5-3-4-6-8-15/h3-12,16H2,1-2H3. The number of rotatable bonds is 2. The Morgan fingerprint density at radius 1 is 1.21 bits per heavy atom. The first-order valence-electron chi connectivity index (χ1n) is 7.63. The second-order valence-corrected chi connectivity index (χ2v) is 6.73. The van der Waals surface area contributed by atoms with E-state index in [0.717, 1.165) is 25.7 Å². The average molecular weight is 268 g/mol. The third-order valence-corrected chi connectivity index (χ3v) is 4.62. The first-order chi connectivity index (χ1) is 8.99. The number of morpholine rings is 1. The molecule has 0 radical (unpaired) electrons. The Kier molecular flexibility index (Phi) is 4.51. The van der Waals surface area contributed by atoms with Crippen molar-refractivity contribution in [2.75, 3.05) is 26.2 Å². The van der Waals surface area contributed by atoms with Gasteiger partial charge in [-0.15, -0.1) is 0 Å². The van der Waals surface area contributed by atoms with E-state index in [9.17, 15) is 4.79 Å². The second-order valence-electron chi connectivity index (χ2n) is 6.73. The van der Waals surface area contributed by atoms with Gasteiger partial charge < -0.3 is 15.4 Å². The predicted octanol–water partition coefficient (Wildman–Crippen LogP) is 1.92. The molecule has 4 heteroatoms. The summed E-state index contributed by atoms with van der Waals surface area (Å²) in [5, 5.41) is 0. The number of ether oxygens (including phenoxy) is 1. The van der Waals surface area contributed by atoms with Crippen molar-refractivity contribution in [3.05, 3.63) is 0 Å². The Bertz CT molecular complexity index is 320. The average Bonchev–Trinajstić information content (AvgIpc) is 2.63. The van der Waals surface area contributed by atoms with Crippen molar-refractivity contribution < 1.29 is 9.53 Å². The summed E-state index contributed by atoms with van der Waals surface area (Å²) < 4.78 is 5.70. The molecular weight excluding hydrogens is 240 g/mol. The van der Waals surface area contributed by atoms with Crippen LogP contribution in [0.3, 0.4) is 0 Å². The van der Waals surface area contributed by atoms with E-state index in [1.54, 1.807) is 0 Å². The van der Waals surface area contributed by atoms with Gasteiger partial charge >= 0.3 is 0 Å². The topological polar surface area (TPSA) is 55.6 Å². The third-order valence-electron chi connectivity index (χ3n) is 4.62. The highest BCUT2D eigenvalue weighted by molar-refractivity contribution is 5.83. The zero-order valence-electron chi connectivity index (χ0n) is 12.4. The highest BCUT2D eigenvalue weighted by Gasteiger charge is 2.42. The van der Waals surface area contributed by atoms with Crippen LogP contribution in [0, 0.1) is 5.41 Å². The number of hydrogen-bond donors (Lipinski definition) is 1. The first-order valence-corrected chi connectivity index (χ1v) is 7.63. The molecule has 0 bridgehead atoms. The van der Waals surface area contributed by atoms with Gasteiger partial charge in [-0.1, -0.05) is 25.7 Å². The fraction of sp³-hybridized carbons (Fsp3) is 0.933. The quantitative estimate of drug-likeness (QED) is 0.779. The van der Waals surface area contributed by atoms with Crippen LogP contribution in [0.25, 0.3) is 0 Å². The predicted molar refractivity (Wildman–Crippen MR) is 75.8 cm³/mol. The van der Waals surface area contributed by atoms with Crippen molar-refractivity contribution in [2.24, 2.45) is 11.1 Å². The lowest BCUT2D eigenvalue weighted by atomic mass is 9.78. The number of hydrogen-bond acceptors (Lipinski definition) is 3. The number of carbonyl (C=O) groups excluding carboxylic acids is 1. The van der Waals surface area contributed by atoms with E-state index >= 15 is 0 Å². The lowest BCUT2D eigenvalue weighted by molar-refractivity contribution is -0.156. The zero-order valence-corrected chi connectivity index (χ0v) is 12.4. The van der Waals surface area contributed by atoms with Crippen molar-refractivity contribution in [1.29, 1.82) is 0 Å². The van der Waals surface area contributed by atoms with Crippen LogP contribution < -0.4 is 5.73 Å². The Morgan fingerprint density at radius 3 is 2.37 bits per heavy atom. The molecule has 0 atom stereocenters. The van der Waals surface area contributed by atoms with Crippen molar-refractivity contribution >= 4 is 5.91 Å². The number of nitrogens with two attached hydrogens (primary N) is 1. The molecule has 110 valence electrons. The van der Waals surface area contributed by atoms with E-state index < -0.39 is 0 Å². The van der Waals surface area contributed by atoms with E-state index in [1.807, 2.05) is 4.90 Å². The molecule has 0 aromatic heterocycles. The molecule has 1 saturated carbocycles. The fourth-order valence-corrected chi connectivity index (χ4v) is 3.44. The van der Waals surface area contributed by atoms with Crippen LogP contribution >= 0.6 is 0 Å². The molecule has 2 fully saturated rings. The number of carbonyl (C=O) groups is 1. The molecule has 2 aliphatic rings. The molecule has 4 nitrogen and oxygen atoms in total. The maximum atomic E-state index is 12.9. The lowest BCUT2D eigenvalue weighted by Crippen LogP contribution is -2.56. The summed E-state index contributed by atoms with van der Waals surface area (Å²) in [6.45, 7) is 6.63. The minimum atomic E-state index is -0.302. The summed E-state index contributed by atoms with van der Waals surface area (Å²) in [4.78, 5) is 14.9. The highest BCUT2D eigenvalue weighted by atomic mass is 16.5. The maximum absolute atomic E-state index is 12.9. The van der Waals surface area contributed by atoms with Crippen molar-refractivity contribution in [3.63, 3.8) is 0 Å². The SMILES string of the molecule is CC1(C)CN(C(=O)C2(CN)CCCCCC2)CCO1. The van der Waals surface area contributed by atoms with Crippen LogP contribution in [0.1, 0.15) is 52.4 Å². The van der Waals surface area contributed by atoms with Crippen LogP contribution in [0.5, 0.6) is 0 Å². The molecule has 0 unspecified atom stereocenters. The molecule has 0 aromatic carbocycles. The highest BCUT2D eigenvalue weighted by Crippen LogP contribution is 2.36. The van der Waals surface area contributed by atoms with Gasteiger partial charge in [-0.2, -0.15) is 0 Å². The van der Waals surface area contributed by atoms with Gasteiger partial charge in [-0.05, 0) is 26.7 Å². The van der Waals surface area contributed by atoms with Gasteiger partial charge in [0.15, 0.2) is 0 Å². The Morgan fingerprint density at radius 2 is 1.84 bits per heavy atom. The van der Waals surface area contributed by atoms with Crippen molar-refractivity contribution in [3.8, 4) is 0 Å². The van der Waals surface area contributed by atoms with Gasteiger partial charge in [0, 0.05) is 19.6 Å². The fourth-order valence-electron chi connectivity index (χ4n) is 3.44. The van der Waals surface area contributed by atoms with E-state index in [1.165, 1.54) is 12.8 Å². The largest absolute Gasteiger partial charge is 0.372 e. The molecule has 2 rings (SSSR count). The van der Waals surface area contributed by atoms with Gasteiger partial charge in [-0.25, -0.2) is 0 Å². The zero-order chi connectivity index (χ0) is 13.9. The van der Waals surface area contributed by atoms with Crippen molar-refractivity contribution in [2.45, 2.75) is 58.0 Å². The Balaban J connectivity index is 2.11. The molecular formula is C15H28N2O2. The first kappa shape index (κ1) is 14.8. The molecule has 0 spiro atoms. The molecule has 0 aromatic rings. The van der Waals surface area contributed by atoms with Gasteiger partial charge in [0.1, 0.15) is 0 Å². The Hall–Kier alpha value is -0.610. The van der Waals surface area contributed by atoms with Crippen LogP contribution in [0.2, 0.25) is 0 Å². The van der Waals surface area contributed by atoms with Crippen LogP contribution in [0.4, 0.5) is 0 Å². The number of nitrogens with zero attached hydrogens (tertiary/aromatic N) is 1. The number of amides is 1. The molecule has 1 amide bonds. The summed E-state index contributed by atoms with van der Waals surface area (Å²) in [5.74, 6) is 0.272. The summed E-state index contributed by atoms with van der Waals surface area (Å²) in [5.41, 5.74) is 5.47. The van der Waals surface area contributed by atoms with Crippen LogP contribution in [-0.2, 0) is 9.53 Å². The third kappa shape index (κ3) is 3.29. The molecule has 1 aliphatic heterocycles.